The molecule has 4 unspecified atom stereocenters. The SMILES string of the molecule is CC.CC.CC.CC.CC1CCc2cc(Br)ccc2C1C.CC1CCc2cc(I)ccc2C1C. The molecule has 0 aromatic heterocycles. The molecule has 0 amide bonds. The Balaban J connectivity index is 0. The minimum atomic E-state index is 0.733. The average Bonchev–Trinajstić information content (AvgIpc) is 2.89. The highest BCUT2D eigenvalue weighted by Gasteiger charge is 2.23. The molecule has 4 rings (SSSR count). The van der Waals surface area contributed by atoms with Gasteiger partial charge < -0.3 is 0 Å². The second-order valence-corrected chi connectivity index (χ2v) is 10.5. The van der Waals surface area contributed by atoms with Crippen LogP contribution in [0.1, 0.15) is 130 Å². The first kappa shape index (κ1) is 35.8. The second kappa shape index (κ2) is 20.8. The van der Waals surface area contributed by atoms with Crippen molar-refractivity contribution in [3.05, 3.63) is 66.7 Å². The number of benzene rings is 2. The Labute approximate surface area is 236 Å². The quantitative estimate of drug-likeness (QED) is 0.250. The Hall–Kier alpha value is -0.350. The van der Waals surface area contributed by atoms with Crippen LogP contribution in [0.3, 0.4) is 0 Å². The third-order valence-electron chi connectivity index (χ3n) is 6.64. The van der Waals surface area contributed by atoms with E-state index in [0.29, 0.717) is 0 Å². The van der Waals surface area contributed by atoms with Gasteiger partial charge in [0, 0.05) is 8.04 Å². The predicted octanol–water partition coefficient (Wildman–Crippen LogP) is 12.2. The smallest absolute Gasteiger partial charge is 0.0178 e. The first-order valence-electron chi connectivity index (χ1n) is 13.9. The predicted molar refractivity (Wildman–Crippen MR) is 170 cm³/mol. The monoisotopic (exact) mass is 644 g/mol. The van der Waals surface area contributed by atoms with Gasteiger partial charge in [-0.15, -0.1) is 0 Å². The fraction of sp³-hybridized carbons (Fsp3) is 0.625. The van der Waals surface area contributed by atoms with Crippen molar-refractivity contribution < 1.29 is 0 Å². The summed E-state index contributed by atoms with van der Waals surface area (Å²) in [6.45, 7) is 25.4. The summed E-state index contributed by atoms with van der Waals surface area (Å²) in [7, 11) is 0. The molecule has 0 spiro atoms. The van der Waals surface area contributed by atoms with Gasteiger partial charge in [0.05, 0.1) is 0 Å². The van der Waals surface area contributed by atoms with Crippen LogP contribution >= 0.6 is 38.5 Å². The van der Waals surface area contributed by atoms with Gasteiger partial charge in [-0.3, -0.25) is 0 Å². The Kier molecular flexibility index (Phi) is 21.9. The molecule has 2 heteroatoms. The topological polar surface area (TPSA) is 0 Å². The highest BCUT2D eigenvalue weighted by atomic mass is 127. The first-order valence-corrected chi connectivity index (χ1v) is 15.8. The third kappa shape index (κ3) is 11.1. The van der Waals surface area contributed by atoms with E-state index in [9.17, 15) is 0 Å². The maximum Gasteiger partial charge on any atom is 0.0178 e. The van der Waals surface area contributed by atoms with Crippen molar-refractivity contribution in [1.29, 1.82) is 0 Å². The van der Waals surface area contributed by atoms with Crippen LogP contribution in [0.15, 0.2) is 40.9 Å². The lowest BCUT2D eigenvalue weighted by Crippen LogP contribution is -2.15. The Morgan fingerprint density at radius 3 is 1.44 bits per heavy atom. The lowest BCUT2D eigenvalue weighted by Gasteiger charge is -2.28. The maximum atomic E-state index is 3.53. The van der Waals surface area contributed by atoms with Crippen molar-refractivity contribution in [2.24, 2.45) is 11.8 Å². The normalized spacial score (nSPS) is 21.4. The van der Waals surface area contributed by atoms with Crippen LogP contribution in [-0.4, -0.2) is 0 Å². The van der Waals surface area contributed by atoms with Gasteiger partial charge in [-0.2, -0.15) is 0 Å². The van der Waals surface area contributed by atoms with Gasteiger partial charge in [-0.05, 0) is 118 Å². The molecular weight excluding hydrogens is 591 g/mol. The molecule has 4 atom stereocenters. The number of aryl methyl sites for hydroxylation is 2. The van der Waals surface area contributed by atoms with Gasteiger partial charge in [0.15, 0.2) is 0 Å². The summed E-state index contributed by atoms with van der Waals surface area (Å²) >= 11 is 5.92. The molecule has 0 N–H and O–H groups in total. The largest absolute Gasteiger partial charge is 0.0683 e. The molecule has 2 aromatic carbocycles. The van der Waals surface area contributed by atoms with Crippen LogP contribution in [0.25, 0.3) is 0 Å². The lowest BCUT2D eigenvalue weighted by atomic mass is 9.77. The maximum absolute atomic E-state index is 3.53. The summed E-state index contributed by atoms with van der Waals surface area (Å²) in [6, 6.07) is 13.6. The molecule has 2 aromatic rings. The van der Waals surface area contributed by atoms with E-state index in [2.05, 4.69) is 103 Å². The second-order valence-electron chi connectivity index (χ2n) is 8.30. The lowest BCUT2D eigenvalue weighted by molar-refractivity contribution is 0.426. The molecule has 0 aliphatic heterocycles. The van der Waals surface area contributed by atoms with E-state index < -0.39 is 0 Å². The van der Waals surface area contributed by atoms with E-state index in [1.165, 1.54) is 33.7 Å². The number of hydrogen-bond donors (Lipinski definition) is 0. The van der Waals surface area contributed by atoms with E-state index in [1.54, 1.807) is 22.3 Å². The van der Waals surface area contributed by atoms with Crippen LogP contribution in [0.2, 0.25) is 0 Å². The summed E-state index contributed by atoms with van der Waals surface area (Å²) < 4.78 is 2.59. The van der Waals surface area contributed by atoms with E-state index in [1.807, 2.05) is 55.4 Å². The van der Waals surface area contributed by atoms with Gasteiger partial charge >= 0.3 is 0 Å². The van der Waals surface area contributed by atoms with E-state index in [-0.39, 0.29) is 0 Å². The van der Waals surface area contributed by atoms with Crippen molar-refractivity contribution in [2.45, 2.75) is 121 Å². The molecule has 0 bridgehead atoms. The molecule has 196 valence electrons. The number of rotatable bonds is 0. The van der Waals surface area contributed by atoms with Crippen molar-refractivity contribution in [1.82, 2.24) is 0 Å². The molecule has 2 aliphatic rings. The van der Waals surface area contributed by atoms with E-state index in [0.717, 1.165) is 23.7 Å². The zero-order chi connectivity index (χ0) is 26.8. The summed E-state index contributed by atoms with van der Waals surface area (Å²) in [5, 5.41) is 0. The van der Waals surface area contributed by atoms with Crippen molar-refractivity contribution in [2.75, 3.05) is 0 Å². The molecule has 0 fully saturated rings. The zero-order valence-corrected chi connectivity index (χ0v) is 28.1. The minimum Gasteiger partial charge on any atom is -0.0683 e. The van der Waals surface area contributed by atoms with Crippen molar-refractivity contribution in [3.63, 3.8) is 0 Å². The zero-order valence-electron chi connectivity index (χ0n) is 24.4. The van der Waals surface area contributed by atoms with Crippen LogP contribution in [0.5, 0.6) is 0 Å². The highest BCUT2D eigenvalue weighted by molar-refractivity contribution is 14.1. The summed E-state index contributed by atoms with van der Waals surface area (Å²) in [5.41, 5.74) is 6.26. The molecule has 0 nitrogen and oxygen atoms in total. The Morgan fingerprint density at radius 1 is 0.618 bits per heavy atom. The van der Waals surface area contributed by atoms with Crippen LogP contribution in [0.4, 0.5) is 0 Å². The van der Waals surface area contributed by atoms with Gasteiger partial charge in [0.25, 0.3) is 0 Å². The Morgan fingerprint density at radius 2 is 1.00 bits per heavy atom. The van der Waals surface area contributed by atoms with Crippen LogP contribution < -0.4 is 0 Å². The van der Waals surface area contributed by atoms with E-state index in [4.69, 9.17) is 0 Å². The molecule has 0 heterocycles. The molecule has 0 radical (unpaired) electrons. The number of fused-ring (bicyclic) bond motifs is 2. The van der Waals surface area contributed by atoms with Crippen molar-refractivity contribution in [3.8, 4) is 0 Å². The molecule has 0 saturated heterocycles. The molecule has 34 heavy (non-hydrogen) atoms. The standard InChI is InChI=1S/C12H15Br.C12H15I.4C2H6/c2*1-8-3-4-10-7-11(13)5-6-12(10)9(8)2;4*1-2/h2*5-9H,3-4H2,1-2H3;4*1-2H3. The molecule has 2 aliphatic carbocycles. The van der Waals surface area contributed by atoms with Gasteiger partial charge in [0.2, 0.25) is 0 Å². The highest BCUT2D eigenvalue weighted by Crippen LogP contribution is 2.37. The summed E-state index contributed by atoms with van der Waals surface area (Å²) in [4.78, 5) is 0. The average molecular weight is 646 g/mol. The number of halogens is 2. The van der Waals surface area contributed by atoms with Crippen molar-refractivity contribution >= 4 is 38.5 Å². The fourth-order valence-corrected chi connectivity index (χ4v) is 5.31. The van der Waals surface area contributed by atoms with Gasteiger partial charge in [0.1, 0.15) is 0 Å². The first-order chi connectivity index (χ1) is 16.4. The molecular formula is C32H54BrI. The van der Waals surface area contributed by atoms with E-state index >= 15 is 0 Å². The van der Waals surface area contributed by atoms with Gasteiger partial charge in [-0.25, -0.2) is 0 Å². The summed E-state index contributed by atoms with van der Waals surface area (Å²) in [5.74, 6) is 3.18. The summed E-state index contributed by atoms with van der Waals surface area (Å²) in [6.07, 6.45) is 5.22. The third-order valence-corrected chi connectivity index (χ3v) is 7.80. The van der Waals surface area contributed by atoms with Crippen LogP contribution in [-0.2, 0) is 12.8 Å². The minimum absolute atomic E-state index is 0.733. The Bertz CT molecular complexity index is 702. The molecule has 0 saturated carbocycles. The number of hydrogen-bond acceptors (Lipinski definition) is 0. The van der Waals surface area contributed by atoms with Gasteiger partial charge in [-0.1, -0.05) is 111 Å². The van der Waals surface area contributed by atoms with Crippen LogP contribution in [0, 0.1) is 15.4 Å². The fourth-order valence-electron chi connectivity index (χ4n) is 4.35.